The summed E-state index contributed by atoms with van der Waals surface area (Å²) in [5, 5.41) is 3.19. The molecule has 1 fully saturated rings. The summed E-state index contributed by atoms with van der Waals surface area (Å²) in [6, 6.07) is 0. The second-order valence-corrected chi connectivity index (χ2v) is 2.98. The van der Waals surface area contributed by atoms with Crippen LogP contribution in [0.4, 0.5) is 0 Å². The fourth-order valence-electron chi connectivity index (χ4n) is 1.33. The lowest BCUT2D eigenvalue weighted by atomic mass is 9.99. The maximum absolute atomic E-state index is 11.3. The summed E-state index contributed by atoms with van der Waals surface area (Å²) < 4.78 is 4.94. The minimum Gasteiger partial charge on any atom is -0.464 e. The van der Waals surface area contributed by atoms with Crippen molar-refractivity contribution in [3.05, 3.63) is 0 Å². The zero-order chi connectivity index (χ0) is 8.81. The van der Waals surface area contributed by atoms with Crippen LogP contribution in [0.15, 0.2) is 0 Å². The first-order chi connectivity index (χ1) is 5.84. The fraction of sp³-hybridized carbons (Fsp3) is 0.875. The lowest BCUT2D eigenvalue weighted by Gasteiger charge is -2.20. The molecule has 0 aromatic carbocycles. The number of rotatable bonds is 3. The smallest absolute Gasteiger partial charge is 0.309 e. The van der Waals surface area contributed by atoms with Crippen molar-refractivity contribution < 1.29 is 9.53 Å². The van der Waals surface area contributed by atoms with Gasteiger partial charge in [0.15, 0.2) is 0 Å². The van der Waals surface area contributed by atoms with Gasteiger partial charge in [-0.1, -0.05) is 0 Å². The largest absolute Gasteiger partial charge is 0.464 e. The molecule has 0 saturated carbocycles. The highest BCUT2D eigenvalue weighted by atomic mass is 16.5. The summed E-state index contributed by atoms with van der Waals surface area (Å²) in [5.74, 6) is 0.0137. The van der Waals surface area contributed by atoms with Crippen LogP contribution in [-0.2, 0) is 9.53 Å². The van der Waals surface area contributed by atoms with Gasteiger partial charge in [-0.3, -0.25) is 4.79 Å². The predicted molar refractivity (Wildman–Crippen MR) is 45.6 cm³/mol. The van der Waals surface area contributed by atoms with Crippen LogP contribution in [-0.4, -0.2) is 32.2 Å². The molecule has 1 rings (SSSR count). The number of carbonyl (C=O) groups is 1. The molecule has 70 valence electrons. The summed E-state index contributed by atoms with van der Waals surface area (Å²) in [5.41, 5.74) is 5.22. The van der Waals surface area contributed by atoms with Gasteiger partial charge in [0.2, 0.25) is 0 Å². The molecule has 0 radical (unpaired) electrons. The van der Waals surface area contributed by atoms with Gasteiger partial charge >= 0.3 is 5.97 Å². The number of esters is 1. The molecule has 4 nitrogen and oxygen atoms in total. The number of ether oxygens (including phenoxy) is 1. The Kier molecular flexibility index (Phi) is 4.04. The summed E-state index contributed by atoms with van der Waals surface area (Å²) in [6.07, 6.45) is 1.78. The molecule has 4 heteroatoms. The lowest BCUT2D eigenvalue weighted by molar-refractivity contribution is -0.149. The number of piperidine rings is 1. The van der Waals surface area contributed by atoms with Crippen LogP contribution in [0.5, 0.6) is 0 Å². The number of hydrogen-bond acceptors (Lipinski definition) is 4. The van der Waals surface area contributed by atoms with Crippen molar-refractivity contribution in [2.75, 3.05) is 26.2 Å². The highest BCUT2D eigenvalue weighted by Crippen LogP contribution is 2.12. The Morgan fingerprint density at radius 1 is 1.50 bits per heavy atom. The Hall–Kier alpha value is -0.610. The molecule has 0 aromatic rings. The lowest BCUT2D eigenvalue weighted by Crippen LogP contribution is -2.33. The van der Waals surface area contributed by atoms with Crippen molar-refractivity contribution in [3.8, 4) is 0 Å². The molecule has 0 bridgehead atoms. The van der Waals surface area contributed by atoms with E-state index in [0.29, 0.717) is 13.2 Å². The molecular weight excluding hydrogens is 156 g/mol. The standard InChI is InChI=1S/C8H16N2O2/c9-3-6-12-8(11)7-1-4-10-5-2-7/h7,10H,1-6,9H2. The highest BCUT2D eigenvalue weighted by Gasteiger charge is 2.21. The van der Waals surface area contributed by atoms with Gasteiger partial charge < -0.3 is 15.8 Å². The maximum atomic E-state index is 11.3. The third-order valence-electron chi connectivity index (χ3n) is 2.03. The Morgan fingerprint density at radius 2 is 2.17 bits per heavy atom. The summed E-state index contributed by atoms with van der Waals surface area (Å²) in [7, 11) is 0. The average Bonchev–Trinajstić information content (AvgIpc) is 2.15. The molecule has 0 amide bonds. The van der Waals surface area contributed by atoms with E-state index in [1.807, 2.05) is 0 Å². The van der Waals surface area contributed by atoms with Crippen molar-refractivity contribution in [1.82, 2.24) is 5.32 Å². The van der Waals surface area contributed by atoms with Gasteiger partial charge in [-0.05, 0) is 25.9 Å². The maximum Gasteiger partial charge on any atom is 0.309 e. The van der Waals surface area contributed by atoms with Crippen LogP contribution in [0.3, 0.4) is 0 Å². The second-order valence-electron chi connectivity index (χ2n) is 2.98. The highest BCUT2D eigenvalue weighted by molar-refractivity contribution is 5.72. The molecule has 1 heterocycles. The van der Waals surface area contributed by atoms with E-state index >= 15 is 0 Å². The van der Waals surface area contributed by atoms with E-state index in [1.54, 1.807) is 0 Å². The van der Waals surface area contributed by atoms with E-state index in [0.717, 1.165) is 25.9 Å². The molecule has 0 atom stereocenters. The van der Waals surface area contributed by atoms with E-state index in [9.17, 15) is 4.79 Å². The van der Waals surface area contributed by atoms with E-state index in [-0.39, 0.29) is 11.9 Å². The monoisotopic (exact) mass is 172 g/mol. The Balaban J connectivity index is 2.20. The number of nitrogens with two attached hydrogens (primary N) is 1. The fourth-order valence-corrected chi connectivity index (χ4v) is 1.33. The summed E-state index contributed by atoms with van der Waals surface area (Å²) >= 11 is 0. The molecule has 12 heavy (non-hydrogen) atoms. The van der Waals surface area contributed by atoms with Gasteiger partial charge in [-0.25, -0.2) is 0 Å². The number of carbonyl (C=O) groups excluding carboxylic acids is 1. The van der Waals surface area contributed by atoms with Crippen LogP contribution >= 0.6 is 0 Å². The van der Waals surface area contributed by atoms with Crippen LogP contribution in [0.1, 0.15) is 12.8 Å². The quantitative estimate of drug-likeness (QED) is 0.563. The van der Waals surface area contributed by atoms with Gasteiger partial charge in [0.25, 0.3) is 0 Å². The van der Waals surface area contributed by atoms with E-state index in [4.69, 9.17) is 10.5 Å². The average molecular weight is 172 g/mol. The first kappa shape index (κ1) is 9.48. The normalized spacial score (nSPS) is 19.1. The number of nitrogens with one attached hydrogen (secondary N) is 1. The van der Waals surface area contributed by atoms with Crippen LogP contribution < -0.4 is 11.1 Å². The van der Waals surface area contributed by atoms with E-state index in [1.165, 1.54) is 0 Å². The minimum absolute atomic E-state index is 0.0815. The van der Waals surface area contributed by atoms with Gasteiger partial charge in [0.1, 0.15) is 6.61 Å². The predicted octanol–water partition coefficient (Wildman–Crippen LogP) is -0.512. The van der Waals surface area contributed by atoms with Gasteiger partial charge in [0.05, 0.1) is 5.92 Å². The zero-order valence-corrected chi connectivity index (χ0v) is 7.21. The molecule has 0 aromatic heterocycles. The molecule has 1 saturated heterocycles. The Morgan fingerprint density at radius 3 is 2.75 bits per heavy atom. The van der Waals surface area contributed by atoms with Crippen LogP contribution in [0, 0.1) is 5.92 Å². The molecule has 0 unspecified atom stereocenters. The molecule has 1 aliphatic rings. The molecule has 3 N–H and O–H groups in total. The Bertz CT molecular complexity index is 144. The summed E-state index contributed by atoms with van der Waals surface area (Å²) in [6.45, 7) is 2.60. The zero-order valence-electron chi connectivity index (χ0n) is 7.21. The van der Waals surface area contributed by atoms with Crippen molar-refractivity contribution in [2.45, 2.75) is 12.8 Å². The SMILES string of the molecule is NCCOC(=O)C1CCNCC1. The molecular formula is C8H16N2O2. The van der Waals surface area contributed by atoms with Crippen molar-refractivity contribution in [1.29, 1.82) is 0 Å². The van der Waals surface area contributed by atoms with Crippen molar-refractivity contribution in [3.63, 3.8) is 0 Å². The third kappa shape index (κ3) is 2.79. The van der Waals surface area contributed by atoms with Crippen LogP contribution in [0.2, 0.25) is 0 Å². The molecule has 0 spiro atoms. The third-order valence-corrected chi connectivity index (χ3v) is 2.03. The minimum atomic E-state index is -0.0815. The Labute approximate surface area is 72.5 Å². The first-order valence-electron chi connectivity index (χ1n) is 4.42. The van der Waals surface area contributed by atoms with Gasteiger partial charge in [-0.2, -0.15) is 0 Å². The summed E-state index contributed by atoms with van der Waals surface area (Å²) in [4.78, 5) is 11.3. The second kappa shape index (κ2) is 5.11. The van der Waals surface area contributed by atoms with E-state index < -0.39 is 0 Å². The van der Waals surface area contributed by atoms with Crippen LogP contribution in [0.25, 0.3) is 0 Å². The van der Waals surface area contributed by atoms with Crippen molar-refractivity contribution >= 4 is 5.97 Å². The van der Waals surface area contributed by atoms with Crippen molar-refractivity contribution in [2.24, 2.45) is 11.7 Å². The first-order valence-corrected chi connectivity index (χ1v) is 4.42. The number of hydrogen-bond donors (Lipinski definition) is 2. The van der Waals surface area contributed by atoms with Gasteiger partial charge in [0, 0.05) is 6.54 Å². The topological polar surface area (TPSA) is 64.3 Å². The molecule has 0 aliphatic carbocycles. The van der Waals surface area contributed by atoms with Gasteiger partial charge in [-0.15, -0.1) is 0 Å². The molecule has 1 aliphatic heterocycles. The van der Waals surface area contributed by atoms with E-state index in [2.05, 4.69) is 5.32 Å².